The van der Waals surface area contributed by atoms with Gasteiger partial charge in [-0.1, -0.05) is 19.3 Å². The number of esters is 1. The van der Waals surface area contributed by atoms with Gasteiger partial charge < -0.3 is 4.74 Å². The fraction of sp³-hybridized carbons (Fsp3) is 0.500. The first-order chi connectivity index (χ1) is 7.29. The normalized spacial score (nSPS) is 15.8. The molecule has 1 saturated carbocycles. The summed E-state index contributed by atoms with van der Waals surface area (Å²) >= 11 is 0. The van der Waals surface area contributed by atoms with Gasteiger partial charge in [-0.15, -0.1) is 0 Å². The minimum absolute atomic E-state index is 0.307. The molecule has 80 valence electrons. The monoisotopic (exact) mass is 205 g/mol. The molecule has 3 heteroatoms. The van der Waals surface area contributed by atoms with Crippen LogP contribution in [0.5, 0.6) is 0 Å². The van der Waals surface area contributed by atoms with Crippen molar-refractivity contribution in [3.05, 3.63) is 29.6 Å². The number of hydrogen-bond acceptors (Lipinski definition) is 3. The fourth-order valence-corrected chi connectivity index (χ4v) is 1.86. The molecule has 0 spiro atoms. The summed E-state index contributed by atoms with van der Waals surface area (Å²) in [5, 5.41) is 0. The van der Waals surface area contributed by atoms with Crippen LogP contribution in [0.2, 0.25) is 0 Å². The average Bonchev–Trinajstić information content (AvgIpc) is 2.23. The Labute approximate surface area is 89.5 Å². The van der Waals surface area contributed by atoms with Gasteiger partial charge in [-0.25, -0.2) is 4.79 Å². The van der Waals surface area contributed by atoms with E-state index in [1.54, 1.807) is 6.20 Å². The molecule has 0 saturated heterocycles. The Hall–Kier alpha value is -1.38. The number of aromatic nitrogens is 1. The van der Waals surface area contributed by atoms with E-state index in [1.807, 2.05) is 12.3 Å². The Morgan fingerprint density at radius 1 is 1.53 bits per heavy atom. The van der Waals surface area contributed by atoms with Crippen LogP contribution in [0.25, 0.3) is 0 Å². The predicted molar refractivity (Wildman–Crippen MR) is 56.6 cm³/mol. The van der Waals surface area contributed by atoms with Gasteiger partial charge in [-0.3, -0.25) is 4.98 Å². The van der Waals surface area contributed by atoms with Crippen molar-refractivity contribution in [2.45, 2.75) is 25.7 Å². The van der Waals surface area contributed by atoms with Gasteiger partial charge in [0.15, 0.2) is 0 Å². The molecule has 1 aliphatic rings. The minimum Gasteiger partial charge on any atom is -0.465 e. The van der Waals surface area contributed by atoms with Gasteiger partial charge >= 0.3 is 5.97 Å². The van der Waals surface area contributed by atoms with Gasteiger partial charge in [0, 0.05) is 12.4 Å². The summed E-state index contributed by atoms with van der Waals surface area (Å²) in [6.07, 6.45) is 8.39. The topological polar surface area (TPSA) is 39.2 Å². The van der Waals surface area contributed by atoms with Gasteiger partial charge in [0.1, 0.15) is 0 Å². The first-order valence-electron chi connectivity index (χ1n) is 5.32. The molecule has 0 aromatic carbocycles. The lowest BCUT2D eigenvalue weighted by Crippen LogP contribution is -2.14. The minimum atomic E-state index is -0.307. The molecule has 0 aliphatic heterocycles. The summed E-state index contributed by atoms with van der Waals surface area (Å²) in [5.41, 5.74) is 1.69. The van der Waals surface area contributed by atoms with Crippen molar-refractivity contribution in [3.63, 3.8) is 0 Å². The molecule has 3 nitrogen and oxygen atoms in total. The number of hydrogen-bond donors (Lipinski definition) is 0. The standard InChI is InChI=1S/C12H15NO2/c1-15-12(14)11-6-10(7-13-8-11)5-9-3-2-4-9/h6-9H,2-5H2,1H3. The van der Waals surface area contributed by atoms with Crippen molar-refractivity contribution in [1.82, 2.24) is 4.98 Å². The molecule has 15 heavy (non-hydrogen) atoms. The van der Waals surface area contributed by atoms with E-state index in [4.69, 9.17) is 0 Å². The van der Waals surface area contributed by atoms with Crippen molar-refractivity contribution in [2.24, 2.45) is 5.92 Å². The van der Waals surface area contributed by atoms with E-state index in [-0.39, 0.29) is 5.97 Å². The van der Waals surface area contributed by atoms with Crippen LogP contribution in [0.4, 0.5) is 0 Å². The largest absolute Gasteiger partial charge is 0.465 e. The highest BCUT2D eigenvalue weighted by atomic mass is 16.5. The zero-order valence-corrected chi connectivity index (χ0v) is 8.90. The summed E-state index contributed by atoms with van der Waals surface area (Å²) in [5.74, 6) is 0.484. The molecular weight excluding hydrogens is 190 g/mol. The van der Waals surface area contributed by atoms with Gasteiger partial charge in [0.05, 0.1) is 12.7 Å². The van der Waals surface area contributed by atoms with Gasteiger partial charge in [-0.2, -0.15) is 0 Å². The molecule has 0 amide bonds. The SMILES string of the molecule is COC(=O)c1cncc(CC2CCC2)c1. The van der Waals surface area contributed by atoms with Crippen LogP contribution in [0.15, 0.2) is 18.5 Å². The molecule has 0 N–H and O–H groups in total. The Morgan fingerprint density at radius 3 is 2.93 bits per heavy atom. The Morgan fingerprint density at radius 2 is 2.33 bits per heavy atom. The quantitative estimate of drug-likeness (QED) is 0.710. The second-order valence-corrected chi connectivity index (χ2v) is 4.07. The lowest BCUT2D eigenvalue weighted by atomic mass is 9.81. The molecule has 1 aromatic rings. The number of rotatable bonds is 3. The summed E-state index contributed by atoms with van der Waals surface area (Å²) < 4.78 is 4.66. The van der Waals surface area contributed by atoms with Crippen LogP contribution in [0, 0.1) is 5.92 Å². The number of carbonyl (C=O) groups is 1. The van der Waals surface area contributed by atoms with E-state index in [2.05, 4.69) is 9.72 Å². The van der Waals surface area contributed by atoms with Crippen LogP contribution < -0.4 is 0 Å². The second-order valence-electron chi connectivity index (χ2n) is 4.07. The number of carbonyl (C=O) groups excluding carboxylic acids is 1. The van der Waals surface area contributed by atoms with E-state index >= 15 is 0 Å². The zero-order chi connectivity index (χ0) is 10.7. The second kappa shape index (κ2) is 4.43. The van der Waals surface area contributed by atoms with Crippen molar-refractivity contribution >= 4 is 5.97 Å². The third-order valence-corrected chi connectivity index (χ3v) is 2.97. The third-order valence-electron chi connectivity index (χ3n) is 2.97. The van der Waals surface area contributed by atoms with E-state index in [0.29, 0.717) is 5.56 Å². The molecule has 1 aromatic heterocycles. The molecule has 1 heterocycles. The van der Waals surface area contributed by atoms with E-state index < -0.39 is 0 Å². The molecule has 0 atom stereocenters. The highest BCUT2D eigenvalue weighted by Crippen LogP contribution is 2.29. The van der Waals surface area contributed by atoms with Gasteiger partial charge in [0.2, 0.25) is 0 Å². The summed E-state index contributed by atoms with van der Waals surface area (Å²) in [6.45, 7) is 0. The summed E-state index contributed by atoms with van der Waals surface area (Å²) in [6, 6.07) is 1.89. The number of pyridine rings is 1. The molecule has 1 aliphatic carbocycles. The van der Waals surface area contributed by atoms with Crippen molar-refractivity contribution in [1.29, 1.82) is 0 Å². The van der Waals surface area contributed by atoms with Crippen LogP contribution in [-0.4, -0.2) is 18.1 Å². The maximum absolute atomic E-state index is 11.3. The van der Waals surface area contributed by atoms with Crippen LogP contribution in [-0.2, 0) is 11.2 Å². The van der Waals surface area contributed by atoms with Crippen LogP contribution >= 0.6 is 0 Å². The Bertz CT molecular complexity index is 358. The maximum Gasteiger partial charge on any atom is 0.339 e. The Balaban J connectivity index is 2.07. The van der Waals surface area contributed by atoms with E-state index in [1.165, 1.54) is 26.4 Å². The molecule has 0 unspecified atom stereocenters. The predicted octanol–water partition coefficient (Wildman–Crippen LogP) is 2.21. The first kappa shape index (κ1) is 10.1. The molecule has 2 rings (SSSR count). The summed E-state index contributed by atoms with van der Waals surface area (Å²) in [4.78, 5) is 15.3. The molecular formula is C12H15NO2. The first-order valence-corrected chi connectivity index (χ1v) is 5.32. The summed E-state index contributed by atoms with van der Waals surface area (Å²) in [7, 11) is 1.39. The smallest absolute Gasteiger partial charge is 0.339 e. The van der Waals surface area contributed by atoms with Crippen LogP contribution in [0.1, 0.15) is 35.2 Å². The third kappa shape index (κ3) is 2.35. The number of methoxy groups -OCH3 is 1. The van der Waals surface area contributed by atoms with Gasteiger partial charge in [-0.05, 0) is 24.0 Å². The fourth-order valence-electron chi connectivity index (χ4n) is 1.86. The van der Waals surface area contributed by atoms with Crippen molar-refractivity contribution in [3.8, 4) is 0 Å². The highest BCUT2D eigenvalue weighted by molar-refractivity contribution is 5.89. The van der Waals surface area contributed by atoms with Gasteiger partial charge in [0.25, 0.3) is 0 Å². The Kier molecular flexibility index (Phi) is 2.99. The lowest BCUT2D eigenvalue weighted by Gasteiger charge is -2.25. The highest BCUT2D eigenvalue weighted by Gasteiger charge is 2.18. The molecule has 1 fully saturated rings. The van der Waals surface area contributed by atoms with Crippen molar-refractivity contribution < 1.29 is 9.53 Å². The van der Waals surface area contributed by atoms with E-state index in [9.17, 15) is 4.79 Å². The molecule has 0 radical (unpaired) electrons. The zero-order valence-electron chi connectivity index (χ0n) is 8.90. The lowest BCUT2D eigenvalue weighted by molar-refractivity contribution is 0.0600. The average molecular weight is 205 g/mol. The molecule has 0 bridgehead atoms. The maximum atomic E-state index is 11.3. The van der Waals surface area contributed by atoms with Crippen molar-refractivity contribution in [2.75, 3.05) is 7.11 Å². The van der Waals surface area contributed by atoms with E-state index in [0.717, 1.165) is 17.9 Å². The number of nitrogens with zero attached hydrogens (tertiary/aromatic N) is 1. The van der Waals surface area contributed by atoms with Crippen LogP contribution in [0.3, 0.4) is 0 Å². The number of ether oxygens (including phenoxy) is 1.